The molecule has 1 saturated heterocycles. The molecule has 1 rings (SSSR count). The van der Waals surface area contributed by atoms with Crippen molar-refractivity contribution >= 4 is 70.6 Å². The number of hydrogen-bond acceptors (Lipinski definition) is 13. The fraction of sp³-hybridized carbons (Fsp3) is 0.768. The van der Waals surface area contributed by atoms with Crippen molar-refractivity contribution in [1.82, 2.24) is 39.6 Å². The van der Waals surface area contributed by atoms with Crippen LogP contribution in [0.1, 0.15) is 188 Å². The van der Waals surface area contributed by atoms with E-state index < -0.39 is 143 Å². The number of carboxylic acids is 1. The molecule has 8 amide bonds. The first-order chi connectivity index (χ1) is 42.0. The van der Waals surface area contributed by atoms with Crippen molar-refractivity contribution < 1.29 is 67.7 Å². The van der Waals surface area contributed by atoms with E-state index in [-0.39, 0.29) is 105 Å². The third-order valence-corrected chi connectivity index (χ3v) is 17.9. The van der Waals surface area contributed by atoms with Crippen LogP contribution in [-0.4, -0.2) is 213 Å². The lowest BCUT2D eigenvalue weighted by molar-refractivity contribution is -0.157. The minimum atomic E-state index is -1.71. The van der Waals surface area contributed by atoms with Gasteiger partial charge in [0.1, 0.15) is 41.7 Å². The zero-order chi connectivity index (χ0) is 70.5. The van der Waals surface area contributed by atoms with E-state index in [9.17, 15) is 43.5 Å². The second-order valence-electron chi connectivity index (χ2n) is 28.3. The van der Waals surface area contributed by atoms with Crippen LogP contribution < -0.4 is 5.32 Å². The summed E-state index contributed by atoms with van der Waals surface area (Å²) in [5.74, 6) is -12.7. The molecule has 22 nitrogen and oxygen atoms in total. The number of carboxylic acid groups (broad SMARTS) is 1. The van der Waals surface area contributed by atoms with Gasteiger partial charge in [-0.3, -0.25) is 57.5 Å². The molecule has 3 N–H and O–H groups in total. The van der Waals surface area contributed by atoms with Crippen molar-refractivity contribution in [2.75, 3.05) is 49.3 Å². The Balaban J connectivity index is 4.40. The van der Waals surface area contributed by atoms with Crippen molar-refractivity contribution in [3.8, 4) is 0 Å². The van der Waals surface area contributed by atoms with E-state index in [2.05, 4.69) is 11.9 Å². The number of Topliss-reactive ketones (excluding diaryl/α,β-unsaturated/α-hetero) is 3. The summed E-state index contributed by atoms with van der Waals surface area (Å²) in [6, 6.07) is -8.76. The van der Waals surface area contributed by atoms with Crippen molar-refractivity contribution in [3.63, 3.8) is 0 Å². The van der Waals surface area contributed by atoms with Crippen LogP contribution in [0.15, 0.2) is 24.4 Å². The molecular formula is C69H118N8O14. The van der Waals surface area contributed by atoms with E-state index in [0.29, 0.717) is 12.8 Å². The third-order valence-electron chi connectivity index (χ3n) is 17.9. The molecule has 0 aromatic carbocycles. The number of unbranched alkanes of at least 4 members (excludes halogenated alkanes) is 1. The molecule has 12 atom stereocenters. The van der Waals surface area contributed by atoms with Gasteiger partial charge in [0.2, 0.25) is 41.4 Å². The Hall–Kier alpha value is -6.32. The lowest BCUT2D eigenvalue weighted by atomic mass is 9.84. The molecule has 1 fully saturated rings. The molecule has 1 aliphatic rings. The topological polar surface area (TPSA) is 280 Å². The first-order valence-corrected chi connectivity index (χ1v) is 33.0. The number of nitrogens with one attached hydrogen (secondary N) is 1. The number of rotatable bonds is 19. The Morgan fingerprint density at radius 2 is 0.956 bits per heavy atom. The van der Waals surface area contributed by atoms with Crippen LogP contribution in [0.3, 0.4) is 0 Å². The van der Waals surface area contributed by atoms with Gasteiger partial charge in [-0.1, -0.05) is 130 Å². The lowest BCUT2D eigenvalue weighted by Crippen LogP contribution is -2.63. The van der Waals surface area contributed by atoms with Crippen molar-refractivity contribution in [2.24, 2.45) is 59.2 Å². The largest absolute Gasteiger partial charge is 0.481 e. The summed E-state index contributed by atoms with van der Waals surface area (Å²) < 4.78 is 0. The quantitative estimate of drug-likeness (QED) is 0.0651. The fourth-order valence-electron chi connectivity index (χ4n) is 11.9. The summed E-state index contributed by atoms with van der Waals surface area (Å²) in [5.41, 5.74) is -0.353. The van der Waals surface area contributed by atoms with Crippen LogP contribution in [0.4, 0.5) is 0 Å². The molecule has 1 heterocycles. The van der Waals surface area contributed by atoms with Crippen LogP contribution in [-0.2, 0) is 57.5 Å². The smallest absolute Gasteiger partial charge is 0.303 e. The highest BCUT2D eigenvalue weighted by Crippen LogP contribution is 2.29. The molecule has 0 aliphatic carbocycles. The highest BCUT2D eigenvalue weighted by Gasteiger charge is 2.46. The number of ketones is 3. The maximum Gasteiger partial charge on any atom is 0.303 e. The molecular weight excluding hydrogens is 1160 g/mol. The number of allylic oxidation sites excluding steroid dienone is 2. The van der Waals surface area contributed by atoms with Crippen LogP contribution in [0.25, 0.3) is 0 Å². The van der Waals surface area contributed by atoms with Gasteiger partial charge in [-0.2, -0.15) is 0 Å². The Bertz CT molecular complexity index is 2560. The summed E-state index contributed by atoms with van der Waals surface area (Å²) in [4.78, 5) is 182. The molecule has 1 aliphatic heterocycles. The summed E-state index contributed by atoms with van der Waals surface area (Å²) in [5, 5.41) is 24.2. The van der Waals surface area contributed by atoms with Gasteiger partial charge >= 0.3 is 5.97 Å². The summed E-state index contributed by atoms with van der Waals surface area (Å²) in [7, 11) is 9.90. The Morgan fingerprint density at radius 1 is 0.527 bits per heavy atom. The van der Waals surface area contributed by atoms with E-state index in [1.54, 1.807) is 67.5 Å². The van der Waals surface area contributed by atoms with E-state index in [1.165, 1.54) is 73.8 Å². The van der Waals surface area contributed by atoms with Gasteiger partial charge in [0.25, 0.3) is 5.91 Å². The van der Waals surface area contributed by atoms with Gasteiger partial charge in [0, 0.05) is 92.8 Å². The zero-order valence-corrected chi connectivity index (χ0v) is 59.7. The number of likely N-dealkylation sites (N-methyl/N-ethyl adjacent to an activating group) is 7. The molecule has 22 heteroatoms. The van der Waals surface area contributed by atoms with E-state index in [4.69, 9.17) is 5.11 Å². The third kappa shape index (κ3) is 23.9. The van der Waals surface area contributed by atoms with Gasteiger partial charge < -0.3 is 49.8 Å². The molecule has 0 saturated carbocycles. The molecule has 0 radical (unpaired) electrons. The number of aliphatic hydroxyl groups excluding tert-OH is 1. The van der Waals surface area contributed by atoms with Gasteiger partial charge in [-0.15, -0.1) is 0 Å². The number of aliphatic hydroxyl groups is 1. The highest BCUT2D eigenvalue weighted by molar-refractivity contribution is 6.02. The van der Waals surface area contributed by atoms with Gasteiger partial charge in [-0.25, -0.2) is 0 Å². The Morgan fingerprint density at radius 3 is 1.42 bits per heavy atom. The number of hydrogen-bond donors (Lipinski definition) is 3. The second kappa shape index (κ2) is 38.0. The molecule has 0 spiro atoms. The molecule has 0 bridgehead atoms. The first-order valence-electron chi connectivity index (χ1n) is 33.0. The Labute approximate surface area is 545 Å². The molecule has 0 aromatic heterocycles. The van der Waals surface area contributed by atoms with Crippen molar-refractivity contribution in [1.29, 1.82) is 0 Å². The summed E-state index contributed by atoms with van der Waals surface area (Å²) in [6.45, 7) is 32.5. The monoisotopic (exact) mass is 1280 g/mol. The number of carbonyl (C=O) groups excluding carboxylic acids is 11. The molecule has 518 valence electrons. The lowest BCUT2D eigenvalue weighted by Gasteiger charge is -2.41. The summed E-state index contributed by atoms with van der Waals surface area (Å²) in [6.07, 6.45) is 2.64. The molecule has 0 aromatic rings. The second-order valence-corrected chi connectivity index (χ2v) is 28.3. The van der Waals surface area contributed by atoms with E-state index in [0.717, 1.165) is 9.80 Å². The maximum atomic E-state index is 15.3. The zero-order valence-electron chi connectivity index (χ0n) is 59.7. The van der Waals surface area contributed by atoms with Crippen LogP contribution in [0.5, 0.6) is 0 Å². The van der Waals surface area contributed by atoms with Crippen molar-refractivity contribution in [2.45, 2.75) is 236 Å². The minimum Gasteiger partial charge on any atom is -0.481 e. The molecule has 0 unspecified atom stereocenters. The molecule has 91 heavy (non-hydrogen) atoms. The van der Waals surface area contributed by atoms with Crippen LogP contribution in [0.2, 0.25) is 0 Å². The maximum absolute atomic E-state index is 15.3. The van der Waals surface area contributed by atoms with Gasteiger partial charge in [0.05, 0.1) is 18.2 Å². The van der Waals surface area contributed by atoms with Gasteiger partial charge in [0.15, 0.2) is 11.6 Å². The number of aliphatic carboxylic acids is 1. The SMILES string of the molecule is C=C1C(=O)N(C)[C@@H](CC(C)C)C(=O)C[C@@H](C(C)C)C(=O)N(C)[C@@H](CC(C)C)C(=O)C[C@@H](C)C(=O)C[C@H](C)C(=O)N(C)[C@@H](CC(C)C)C(=O)N(C)[C@@H](CC(C)C)C(=O)N(C)[C@@H](C(C)C)C(=O)N(C)[C@@H]([C@H](O)[C@H](C)C/C=C/CCCC(=O)O)C(=O)N[C@@H](CC)C(=O)N1C. The average Bonchev–Trinajstić information content (AvgIpc) is 1.73. The predicted molar refractivity (Wildman–Crippen MR) is 352 cm³/mol. The van der Waals surface area contributed by atoms with E-state index >= 15 is 19.2 Å². The standard InChI is InChI=1S/C69H118N8O14/c1-25-50-66(88)71(18)48(17)64(86)72(19)52(33-40(4)5)57(80)38-49(43(10)11)65(87)73(20)51(32-39(2)3)56(79)36-46(15)55(78)37-47(16)63(85)74(21)53(34-41(6)7)67(89)75(22)54(35-42(8)9)68(90)76(23)59(44(12)13)69(91)77(24)60(62(84)70-50)61(83)45(14)30-28-26-27-29-31-58(81)82/h26,28,39-47,49-54,59-61,83H,17,25,27,29-38H2,1-16,18-24H3,(H,70,84)(H,81,82)/b28-26+/t45-,46-,47+,49+,50+,51+,52+,53+,54+,59+,60+,61-/m1/s1. The average molecular weight is 1280 g/mol. The minimum absolute atomic E-state index is 0.0496. The fourth-order valence-corrected chi connectivity index (χ4v) is 11.9. The number of amides is 8. The number of carbonyl (C=O) groups is 12. The van der Waals surface area contributed by atoms with Crippen LogP contribution in [0, 0.1) is 59.2 Å². The Kier molecular flexibility index (Phi) is 34.5. The van der Waals surface area contributed by atoms with Crippen LogP contribution >= 0.6 is 0 Å². The van der Waals surface area contributed by atoms with E-state index in [1.807, 2.05) is 55.4 Å². The predicted octanol–water partition coefficient (Wildman–Crippen LogP) is 7.29. The normalized spacial score (nSPS) is 26.2. The number of nitrogens with zero attached hydrogens (tertiary/aromatic N) is 7. The highest BCUT2D eigenvalue weighted by atomic mass is 16.4. The summed E-state index contributed by atoms with van der Waals surface area (Å²) >= 11 is 0. The van der Waals surface area contributed by atoms with Gasteiger partial charge in [-0.05, 0) is 92.8 Å². The van der Waals surface area contributed by atoms with Crippen molar-refractivity contribution in [3.05, 3.63) is 24.4 Å². The first kappa shape index (κ1) is 82.7.